The summed E-state index contributed by atoms with van der Waals surface area (Å²) in [6.07, 6.45) is 3.35. The molecule has 1 aliphatic carbocycles. The van der Waals surface area contributed by atoms with Crippen molar-refractivity contribution in [3.63, 3.8) is 0 Å². The Bertz CT molecular complexity index is 849. The van der Waals surface area contributed by atoms with Crippen molar-refractivity contribution in [2.75, 3.05) is 47.9 Å². The Balaban J connectivity index is 1.47. The minimum absolute atomic E-state index is 0.0695. The van der Waals surface area contributed by atoms with E-state index in [1.54, 1.807) is 0 Å². The van der Waals surface area contributed by atoms with Crippen molar-refractivity contribution in [1.29, 1.82) is 0 Å². The maximum Gasteiger partial charge on any atom is 0.329 e. The van der Waals surface area contributed by atoms with Gasteiger partial charge in [0.2, 0.25) is 11.8 Å². The standard InChI is InChI=1S/C19H24N6O3/c1-2-28-17-6-4-3-5-15(17)23-9-11-24(12-10-23)19-20-13-16(25(26)27)18(22-19)21-14-7-8-14/h3-6,13-14H,2,7-12H2,1H3,(H,20,21,22). The lowest BCUT2D eigenvalue weighted by molar-refractivity contribution is -0.384. The Kier molecular flexibility index (Phi) is 5.14. The van der Waals surface area contributed by atoms with E-state index in [0.29, 0.717) is 18.4 Å². The van der Waals surface area contributed by atoms with Crippen molar-refractivity contribution in [1.82, 2.24) is 9.97 Å². The number of aromatic nitrogens is 2. The summed E-state index contributed by atoms with van der Waals surface area (Å²) in [6.45, 7) is 5.69. The predicted octanol–water partition coefficient (Wildman–Crippen LogP) is 2.68. The fraction of sp³-hybridized carbons (Fsp3) is 0.474. The summed E-state index contributed by atoms with van der Waals surface area (Å²) in [7, 11) is 0. The highest BCUT2D eigenvalue weighted by Crippen LogP contribution is 2.31. The number of piperazine rings is 1. The second kappa shape index (κ2) is 7.87. The van der Waals surface area contributed by atoms with Gasteiger partial charge in [-0.3, -0.25) is 10.1 Å². The molecule has 1 N–H and O–H groups in total. The second-order valence-corrected chi connectivity index (χ2v) is 6.95. The molecule has 9 nitrogen and oxygen atoms in total. The number of ether oxygens (including phenoxy) is 1. The molecule has 2 aromatic rings. The first-order chi connectivity index (χ1) is 13.7. The number of rotatable bonds is 7. The highest BCUT2D eigenvalue weighted by atomic mass is 16.6. The maximum atomic E-state index is 11.2. The fourth-order valence-electron chi connectivity index (χ4n) is 3.32. The highest BCUT2D eigenvalue weighted by Gasteiger charge is 2.28. The van der Waals surface area contributed by atoms with Gasteiger partial charge < -0.3 is 19.9 Å². The lowest BCUT2D eigenvalue weighted by Gasteiger charge is -2.36. The number of nitrogens with one attached hydrogen (secondary N) is 1. The summed E-state index contributed by atoms with van der Waals surface area (Å²) in [5.74, 6) is 1.74. The first-order valence-electron chi connectivity index (χ1n) is 9.65. The SMILES string of the molecule is CCOc1ccccc1N1CCN(c2ncc([N+](=O)[O-])c(NC3CC3)n2)CC1. The minimum atomic E-state index is -0.433. The fourth-order valence-corrected chi connectivity index (χ4v) is 3.32. The highest BCUT2D eigenvalue weighted by molar-refractivity contribution is 5.61. The summed E-state index contributed by atoms with van der Waals surface area (Å²) in [5.41, 5.74) is 1.02. The molecule has 1 saturated carbocycles. The Hall–Kier alpha value is -3.10. The van der Waals surface area contributed by atoms with Crippen molar-refractivity contribution in [3.05, 3.63) is 40.6 Å². The van der Waals surface area contributed by atoms with E-state index in [1.807, 2.05) is 25.1 Å². The Morgan fingerprint density at radius 1 is 1.21 bits per heavy atom. The van der Waals surface area contributed by atoms with E-state index in [-0.39, 0.29) is 11.7 Å². The second-order valence-electron chi connectivity index (χ2n) is 6.95. The first kappa shape index (κ1) is 18.3. The number of hydrogen-bond acceptors (Lipinski definition) is 8. The molecule has 0 bridgehead atoms. The van der Waals surface area contributed by atoms with E-state index in [2.05, 4.69) is 31.2 Å². The third kappa shape index (κ3) is 3.92. The van der Waals surface area contributed by atoms with Gasteiger partial charge in [-0.05, 0) is 31.9 Å². The van der Waals surface area contributed by atoms with Gasteiger partial charge >= 0.3 is 5.69 Å². The van der Waals surface area contributed by atoms with Crippen molar-refractivity contribution in [2.45, 2.75) is 25.8 Å². The normalized spacial score (nSPS) is 16.8. The molecule has 2 fully saturated rings. The van der Waals surface area contributed by atoms with Crippen LogP contribution in [0.25, 0.3) is 0 Å². The number of anilines is 3. The van der Waals surface area contributed by atoms with Crippen LogP contribution < -0.4 is 19.9 Å². The molecule has 0 amide bonds. The van der Waals surface area contributed by atoms with Crippen LogP contribution in [0.2, 0.25) is 0 Å². The number of nitro groups is 1. The average Bonchev–Trinajstić information content (AvgIpc) is 3.53. The van der Waals surface area contributed by atoms with Gasteiger partial charge in [0.05, 0.1) is 17.2 Å². The van der Waals surface area contributed by atoms with Gasteiger partial charge in [-0.1, -0.05) is 12.1 Å². The molecule has 28 heavy (non-hydrogen) atoms. The van der Waals surface area contributed by atoms with Crippen LogP contribution in [0.4, 0.5) is 23.1 Å². The molecule has 2 aliphatic rings. The zero-order valence-electron chi connectivity index (χ0n) is 15.9. The molecule has 0 radical (unpaired) electrons. The Morgan fingerprint density at radius 3 is 2.61 bits per heavy atom. The van der Waals surface area contributed by atoms with Crippen molar-refractivity contribution in [3.8, 4) is 5.75 Å². The van der Waals surface area contributed by atoms with Crippen LogP contribution in [0.1, 0.15) is 19.8 Å². The van der Waals surface area contributed by atoms with Gasteiger partial charge in [-0.15, -0.1) is 0 Å². The van der Waals surface area contributed by atoms with Gasteiger partial charge in [0, 0.05) is 32.2 Å². The van der Waals surface area contributed by atoms with Gasteiger partial charge in [0.25, 0.3) is 0 Å². The lowest BCUT2D eigenvalue weighted by Crippen LogP contribution is -2.47. The topological polar surface area (TPSA) is 96.7 Å². The monoisotopic (exact) mass is 384 g/mol. The van der Waals surface area contributed by atoms with E-state index < -0.39 is 4.92 Å². The van der Waals surface area contributed by atoms with Crippen molar-refractivity contribution >= 4 is 23.1 Å². The molecule has 1 saturated heterocycles. The zero-order chi connectivity index (χ0) is 19.5. The quantitative estimate of drug-likeness (QED) is 0.575. The summed E-state index contributed by atoms with van der Waals surface area (Å²) < 4.78 is 5.74. The van der Waals surface area contributed by atoms with Crippen LogP contribution >= 0.6 is 0 Å². The van der Waals surface area contributed by atoms with E-state index in [1.165, 1.54) is 6.20 Å². The molecule has 9 heteroatoms. The van der Waals surface area contributed by atoms with E-state index in [0.717, 1.165) is 50.5 Å². The minimum Gasteiger partial charge on any atom is -0.492 e. The van der Waals surface area contributed by atoms with Gasteiger partial charge in [-0.25, -0.2) is 4.98 Å². The largest absolute Gasteiger partial charge is 0.492 e. The molecule has 1 aliphatic heterocycles. The number of nitrogens with zero attached hydrogens (tertiary/aromatic N) is 5. The molecular weight excluding hydrogens is 360 g/mol. The third-order valence-corrected chi connectivity index (χ3v) is 4.94. The number of para-hydroxylation sites is 2. The van der Waals surface area contributed by atoms with Gasteiger partial charge in [-0.2, -0.15) is 4.98 Å². The van der Waals surface area contributed by atoms with E-state index >= 15 is 0 Å². The molecule has 2 heterocycles. The third-order valence-electron chi connectivity index (χ3n) is 4.94. The number of benzene rings is 1. The Labute approximate surface area is 163 Å². The predicted molar refractivity (Wildman–Crippen MR) is 107 cm³/mol. The molecule has 0 unspecified atom stereocenters. The van der Waals surface area contributed by atoms with Crippen LogP contribution in [-0.4, -0.2) is 53.7 Å². The molecule has 1 aromatic carbocycles. The smallest absolute Gasteiger partial charge is 0.329 e. The Morgan fingerprint density at radius 2 is 1.93 bits per heavy atom. The molecule has 0 atom stereocenters. The van der Waals surface area contributed by atoms with Gasteiger partial charge in [0.15, 0.2) is 0 Å². The summed E-state index contributed by atoms with van der Waals surface area (Å²) in [4.78, 5) is 23.9. The van der Waals surface area contributed by atoms with Crippen LogP contribution in [-0.2, 0) is 0 Å². The molecule has 148 valence electrons. The van der Waals surface area contributed by atoms with Crippen molar-refractivity contribution < 1.29 is 9.66 Å². The summed E-state index contributed by atoms with van der Waals surface area (Å²) >= 11 is 0. The average molecular weight is 384 g/mol. The molecule has 4 rings (SSSR count). The molecular formula is C19H24N6O3. The van der Waals surface area contributed by atoms with Crippen LogP contribution in [0.5, 0.6) is 5.75 Å². The number of hydrogen-bond donors (Lipinski definition) is 1. The van der Waals surface area contributed by atoms with Crippen molar-refractivity contribution in [2.24, 2.45) is 0 Å². The van der Waals surface area contributed by atoms with Crippen LogP contribution in [0.3, 0.4) is 0 Å². The zero-order valence-corrected chi connectivity index (χ0v) is 15.9. The maximum absolute atomic E-state index is 11.2. The van der Waals surface area contributed by atoms with Crippen LogP contribution in [0, 0.1) is 10.1 Å². The first-order valence-corrected chi connectivity index (χ1v) is 9.65. The van der Waals surface area contributed by atoms with Gasteiger partial charge in [0.1, 0.15) is 11.9 Å². The molecule has 0 spiro atoms. The van der Waals surface area contributed by atoms with Crippen LogP contribution in [0.15, 0.2) is 30.5 Å². The summed E-state index contributed by atoms with van der Waals surface area (Å²) in [6, 6.07) is 8.33. The van der Waals surface area contributed by atoms with E-state index in [9.17, 15) is 10.1 Å². The van der Waals surface area contributed by atoms with E-state index in [4.69, 9.17) is 4.74 Å². The summed E-state index contributed by atoms with van der Waals surface area (Å²) in [5, 5.41) is 14.4. The molecule has 1 aromatic heterocycles. The lowest BCUT2D eigenvalue weighted by atomic mass is 10.2.